The summed E-state index contributed by atoms with van der Waals surface area (Å²) < 4.78 is 0. The number of nitrogens with zero attached hydrogens (tertiary/aromatic N) is 3. The van der Waals surface area contributed by atoms with Crippen molar-refractivity contribution in [2.75, 3.05) is 4.90 Å². The summed E-state index contributed by atoms with van der Waals surface area (Å²) in [6.07, 6.45) is 2.89. The predicted molar refractivity (Wildman–Crippen MR) is 77.5 cm³/mol. The molecular weight excluding hydrogens is 286 g/mol. The molecule has 7 nitrogen and oxygen atoms in total. The lowest BCUT2D eigenvalue weighted by atomic mass is 9.99. The van der Waals surface area contributed by atoms with Crippen LogP contribution in [0.2, 0.25) is 0 Å². The van der Waals surface area contributed by atoms with Crippen molar-refractivity contribution in [1.82, 2.24) is 4.90 Å². The zero-order chi connectivity index (χ0) is 15.6. The van der Waals surface area contributed by atoms with E-state index in [1.54, 1.807) is 11.8 Å². The first kappa shape index (κ1) is 13.2. The van der Waals surface area contributed by atoms with E-state index < -0.39 is 4.92 Å². The zero-order valence-electron chi connectivity index (χ0n) is 12.1. The van der Waals surface area contributed by atoms with E-state index in [2.05, 4.69) is 0 Å². The van der Waals surface area contributed by atoms with Crippen molar-refractivity contribution in [3.63, 3.8) is 0 Å². The standard InChI is InChI=1S/C15H15N3O4/c1-8-6-10(4-5-12(8)18(21)22)17-14(19)13-9-2-3-11(7-9)16(13)15(17)20/h4-6,9,11,13H,2-3,7H2,1H3. The number of anilines is 1. The summed E-state index contributed by atoms with van der Waals surface area (Å²) in [5, 5.41) is 10.9. The van der Waals surface area contributed by atoms with Crippen LogP contribution in [0.5, 0.6) is 0 Å². The number of carbonyl (C=O) groups is 2. The highest BCUT2D eigenvalue weighted by Crippen LogP contribution is 2.47. The van der Waals surface area contributed by atoms with Crippen molar-refractivity contribution in [3.05, 3.63) is 33.9 Å². The van der Waals surface area contributed by atoms with E-state index >= 15 is 0 Å². The number of urea groups is 1. The van der Waals surface area contributed by atoms with Crippen LogP contribution in [0.3, 0.4) is 0 Å². The Kier molecular flexibility index (Phi) is 2.58. The van der Waals surface area contributed by atoms with Crippen LogP contribution in [0.1, 0.15) is 24.8 Å². The average Bonchev–Trinajstić information content (AvgIpc) is 3.12. The van der Waals surface area contributed by atoms with Crippen LogP contribution in [0.15, 0.2) is 18.2 Å². The predicted octanol–water partition coefficient (Wildman–Crippen LogP) is 2.22. The van der Waals surface area contributed by atoms with Gasteiger partial charge in [-0.2, -0.15) is 0 Å². The lowest BCUT2D eigenvalue weighted by Crippen LogP contribution is -2.40. The molecule has 0 spiro atoms. The molecule has 0 radical (unpaired) electrons. The third kappa shape index (κ3) is 1.56. The first-order valence-corrected chi connectivity index (χ1v) is 7.40. The minimum absolute atomic E-state index is 0.0107. The number of hydrogen-bond donors (Lipinski definition) is 0. The van der Waals surface area contributed by atoms with Crippen molar-refractivity contribution in [2.45, 2.75) is 38.3 Å². The zero-order valence-corrected chi connectivity index (χ0v) is 12.1. The highest BCUT2D eigenvalue weighted by atomic mass is 16.6. The number of nitro groups is 1. The van der Waals surface area contributed by atoms with Crippen molar-refractivity contribution in [3.8, 4) is 0 Å². The maximum atomic E-state index is 12.6. The minimum atomic E-state index is -0.467. The van der Waals surface area contributed by atoms with E-state index in [4.69, 9.17) is 0 Å². The van der Waals surface area contributed by atoms with Crippen molar-refractivity contribution in [1.29, 1.82) is 0 Å². The SMILES string of the molecule is Cc1cc(N2C(=O)C3C4CCC(C4)N3C2=O)ccc1[N+](=O)[O-]. The molecule has 1 aliphatic carbocycles. The van der Waals surface area contributed by atoms with E-state index in [9.17, 15) is 19.7 Å². The van der Waals surface area contributed by atoms with Crippen molar-refractivity contribution >= 4 is 23.3 Å². The molecule has 2 aliphatic heterocycles. The maximum absolute atomic E-state index is 12.6. The smallest absolute Gasteiger partial charge is 0.309 e. The molecule has 22 heavy (non-hydrogen) atoms. The topological polar surface area (TPSA) is 83.8 Å². The third-order valence-corrected chi connectivity index (χ3v) is 5.11. The molecule has 2 heterocycles. The van der Waals surface area contributed by atoms with Crippen molar-refractivity contribution < 1.29 is 14.5 Å². The second-order valence-corrected chi connectivity index (χ2v) is 6.26. The van der Waals surface area contributed by atoms with Crippen LogP contribution < -0.4 is 4.90 Å². The third-order valence-electron chi connectivity index (χ3n) is 5.11. The van der Waals surface area contributed by atoms with Gasteiger partial charge in [-0.1, -0.05) is 0 Å². The molecule has 3 fully saturated rings. The number of amides is 3. The summed E-state index contributed by atoms with van der Waals surface area (Å²) in [5.74, 6) is 0.0797. The molecule has 114 valence electrons. The minimum Gasteiger partial charge on any atom is -0.309 e. The van der Waals surface area contributed by atoms with Gasteiger partial charge in [-0.05, 0) is 44.2 Å². The fourth-order valence-electron chi connectivity index (χ4n) is 4.14. The Bertz CT molecular complexity index is 689. The van der Waals surface area contributed by atoms with E-state index in [-0.39, 0.29) is 35.6 Å². The molecule has 7 heteroatoms. The van der Waals surface area contributed by atoms with Gasteiger partial charge >= 0.3 is 6.03 Å². The first-order valence-electron chi connectivity index (χ1n) is 7.40. The van der Waals surface area contributed by atoms with Gasteiger partial charge in [0, 0.05) is 17.7 Å². The van der Waals surface area contributed by atoms with E-state index in [1.807, 2.05) is 0 Å². The Morgan fingerprint density at radius 1 is 1.27 bits per heavy atom. The summed E-state index contributed by atoms with van der Waals surface area (Å²) in [7, 11) is 0. The second kappa shape index (κ2) is 4.28. The van der Waals surface area contributed by atoms with Crippen LogP contribution in [0.25, 0.3) is 0 Å². The number of aryl methyl sites for hydroxylation is 1. The lowest BCUT2D eigenvalue weighted by molar-refractivity contribution is -0.385. The van der Waals surface area contributed by atoms with Crippen LogP contribution in [-0.2, 0) is 4.79 Å². The number of fused-ring (bicyclic) bond motifs is 5. The Balaban J connectivity index is 1.72. The molecule has 3 aliphatic rings. The fourth-order valence-corrected chi connectivity index (χ4v) is 4.14. The van der Waals surface area contributed by atoms with Gasteiger partial charge in [-0.25, -0.2) is 9.69 Å². The number of hydrogen-bond acceptors (Lipinski definition) is 4. The van der Waals surface area contributed by atoms with Crippen LogP contribution in [0.4, 0.5) is 16.2 Å². The average molecular weight is 301 g/mol. The van der Waals surface area contributed by atoms with Gasteiger partial charge in [-0.3, -0.25) is 14.9 Å². The number of imide groups is 1. The summed E-state index contributed by atoms with van der Waals surface area (Å²) in [4.78, 5) is 38.6. The molecule has 2 saturated heterocycles. The summed E-state index contributed by atoms with van der Waals surface area (Å²) in [6, 6.07) is 3.93. The molecule has 4 rings (SSSR count). The molecule has 3 atom stereocenters. The normalized spacial score (nSPS) is 29.4. The molecule has 3 amide bonds. The monoisotopic (exact) mass is 301 g/mol. The highest BCUT2D eigenvalue weighted by Gasteiger charge is 2.59. The molecule has 1 saturated carbocycles. The Morgan fingerprint density at radius 2 is 2.05 bits per heavy atom. The van der Waals surface area contributed by atoms with Crippen molar-refractivity contribution in [2.24, 2.45) is 5.92 Å². The highest BCUT2D eigenvalue weighted by molar-refractivity contribution is 6.22. The van der Waals surface area contributed by atoms with Crippen LogP contribution in [-0.4, -0.2) is 33.8 Å². The van der Waals surface area contributed by atoms with Crippen LogP contribution >= 0.6 is 0 Å². The van der Waals surface area contributed by atoms with Gasteiger partial charge in [0.05, 0.1) is 10.6 Å². The maximum Gasteiger partial charge on any atom is 0.332 e. The number of carbonyl (C=O) groups excluding carboxylic acids is 2. The number of rotatable bonds is 2. The molecule has 0 aromatic heterocycles. The van der Waals surface area contributed by atoms with Gasteiger partial charge < -0.3 is 4.90 Å². The molecule has 3 unspecified atom stereocenters. The summed E-state index contributed by atoms with van der Waals surface area (Å²) >= 11 is 0. The second-order valence-electron chi connectivity index (χ2n) is 6.26. The molecular formula is C15H15N3O4. The van der Waals surface area contributed by atoms with Gasteiger partial charge in [-0.15, -0.1) is 0 Å². The molecule has 1 aromatic rings. The van der Waals surface area contributed by atoms with E-state index in [0.29, 0.717) is 11.3 Å². The first-order chi connectivity index (χ1) is 10.5. The van der Waals surface area contributed by atoms with Gasteiger partial charge in [0.2, 0.25) is 0 Å². The number of piperidine rings is 1. The Morgan fingerprint density at radius 3 is 2.68 bits per heavy atom. The van der Waals surface area contributed by atoms with Crippen LogP contribution in [0, 0.1) is 23.0 Å². The Labute approximate surface area is 126 Å². The number of nitro benzene ring substituents is 1. The largest absolute Gasteiger partial charge is 0.332 e. The van der Waals surface area contributed by atoms with Gasteiger partial charge in [0.25, 0.3) is 11.6 Å². The summed E-state index contributed by atoms with van der Waals surface area (Å²) in [6.45, 7) is 1.61. The van der Waals surface area contributed by atoms with E-state index in [0.717, 1.165) is 19.3 Å². The van der Waals surface area contributed by atoms with Gasteiger partial charge in [0.1, 0.15) is 6.04 Å². The Hall–Kier alpha value is -2.44. The lowest BCUT2D eigenvalue weighted by Gasteiger charge is -2.25. The quantitative estimate of drug-likeness (QED) is 0.476. The molecule has 2 bridgehead atoms. The van der Waals surface area contributed by atoms with Gasteiger partial charge in [0.15, 0.2) is 0 Å². The molecule has 0 N–H and O–H groups in total. The number of benzene rings is 1. The fraction of sp³-hybridized carbons (Fsp3) is 0.467. The molecule has 1 aromatic carbocycles. The summed E-state index contributed by atoms with van der Waals surface area (Å²) in [5.41, 5.74) is 0.855. The van der Waals surface area contributed by atoms with E-state index in [1.165, 1.54) is 23.1 Å².